The molecule has 0 bridgehead atoms. The maximum absolute atomic E-state index is 12.0. The Hall–Kier alpha value is -2.67. The fourth-order valence-electron chi connectivity index (χ4n) is 2.82. The number of carbonyl (C=O) groups is 2. The van der Waals surface area contributed by atoms with Crippen LogP contribution in [0.2, 0.25) is 0 Å². The molecule has 1 unspecified atom stereocenters. The maximum Gasteiger partial charge on any atom is 0.269 e. The Bertz CT molecular complexity index is 717. The lowest BCUT2D eigenvalue weighted by Crippen LogP contribution is -2.15. The van der Waals surface area contributed by atoms with Gasteiger partial charge < -0.3 is 16.4 Å². The molecule has 3 rings (SSSR count). The Kier molecular flexibility index (Phi) is 4.90. The molecule has 1 aromatic heterocycles. The normalized spacial score (nSPS) is 16.9. The lowest BCUT2D eigenvalue weighted by Gasteiger charge is -2.09. The van der Waals surface area contributed by atoms with Crippen LogP contribution in [-0.2, 0) is 4.79 Å². The molecule has 7 nitrogen and oxygen atoms in total. The van der Waals surface area contributed by atoms with Gasteiger partial charge in [-0.15, -0.1) is 0 Å². The van der Waals surface area contributed by atoms with Crippen molar-refractivity contribution in [2.45, 2.75) is 19.3 Å². The predicted octanol–water partition coefficient (Wildman–Crippen LogP) is 1.30. The van der Waals surface area contributed by atoms with Crippen LogP contribution in [0.3, 0.4) is 0 Å². The minimum Gasteiger partial charge on any atom is -0.364 e. The summed E-state index contributed by atoms with van der Waals surface area (Å²) in [6.45, 7) is 2.07. The van der Waals surface area contributed by atoms with Gasteiger partial charge in [0.25, 0.3) is 5.91 Å². The van der Waals surface area contributed by atoms with Gasteiger partial charge in [0.15, 0.2) is 0 Å². The molecule has 0 radical (unpaired) electrons. The highest BCUT2D eigenvalue weighted by atomic mass is 16.2. The molecule has 1 aromatic carbocycles. The number of nitrogens with one attached hydrogen (secondary N) is 2. The summed E-state index contributed by atoms with van der Waals surface area (Å²) in [6.07, 6.45) is 4.28. The van der Waals surface area contributed by atoms with Gasteiger partial charge in [0.2, 0.25) is 5.91 Å². The van der Waals surface area contributed by atoms with Crippen molar-refractivity contribution in [3.05, 3.63) is 42.2 Å². The van der Waals surface area contributed by atoms with Gasteiger partial charge >= 0.3 is 0 Å². The molecule has 0 spiro atoms. The zero-order chi connectivity index (χ0) is 16.9. The van der Waals surface area contributed by atoms with Crippen LogP contribution in [0.25, 0.3) is 5.69 Å². The monoisotopic (exact) mass is 327 g/mol. The molecule has 7 heteroatoms. The van der Waals surface area contributed by atoms with Crippen molar-refractivity contribution in [2.75, 3.05) is 18.4 Å². The number of hydrogen-bond donors (Lipinski definition) is 3. The van der Waals surface area contributed by atoms with E-state index in [1.54, 1.807) is 16.9 Å². The summed E-state index contributed by atoms with van der Waals surface area (Å²) in [5, 5.41) is 10.3. The smallest absolute Gasteiger partial charge is 0.269 e. The first-order valence-electron chi connectivity index (χ1n) is 8.08. The third kappa shape index (κ3) is 3.99. The molecule has 126 valence electrons. The zero-order valence-corrected chi connectivity index (χ0v) is 13.4. The van der Waals surface area contributed by atoms with Crippen LogP contribution in [0, 0.1) is 5.92 Å². The van der Waals surface area contributed by atoms with Crippen molar-refractivity contribution < 1.29 is 9.59 Å². The molecule has 4 N–H and O–H groups in total. The molecular formula is C17H21N5O2. The summed E-state index contributed by atoms with van der Waals surface area (Å²) in [7, 11) is 0. The first-order chi connectivity index (χ1) is 11.6. The molecule has 1 fully saturated rings. The van der Waals surface area contributed by atoms with Crippen molar-refractivity contribution in [3.8, 4) is 5.69 Å². The number of nitrogens with two attached hydrogens (primary N) is 1. The predicted molar refractivity (Wildman–Crippen MR) is 90.9 cm³/mol. The average molecular weight is 327 g/mol. The Morgan fingerprint density at radius 1 is 1.29 bits per heavy atom. The fraction of sp³-hybridized carbons (Fsp3) is 0.353. The fourth-order valence-corrected chi connectivity index (χ4v) is 2.82. The molecule has 1 saturated heterocycles. The second-order valence-electron chi connectivity index (χ2n) is 6.00. The van der Waals surface area contributed by atoms with Crippen LogP contribution < -0.4 is 16.4 Å². The SMILES string of the molecule is NC(=O)c1ccn(-c2ccc(NC(=O)CCC3CCNC3)cc2)n1. The number of carbonyl (C=O) groups excluding carboxylic acids is 2. The van der Waals surface area contributed by atoms with E-state index in [-0.39, 0.29) is 11.6 Å². The number of nitrogens with zero attached hydrogens (tertiary/aromatic N) is 2. The van der Waals surface area contributed by atoms with Crippen molar-refractivity contribution in [1.29, 1.82) is 0 Å². The van der Waals surface area contributed by atoms with Crippen molar-refractivity contribution >= 4 is 17.5 Å². The van der Waals surface area contributed by atoms with Gasteiger partial charge in [-0.1, -0.05) is 0 Å². The Labute approximate surface area is 140 Å². The summed E-state index contributed by atoms with van der Waals surface area (Å²) in [4.78, 5) is 23.1. The van der Waals surface area contributed by atoms with E-state index in [9.17, 15) is 9.59 Å². The van der Waals surface area contributed by atoms with Crippen LogP contribution in [0.4, 0.5) is 5.69 Å². The minimum atomic E-state index is -0.560. The summed E-state index contributed by atoms with van der Waals surface area (Å²) in [5.74, 6) is 0.0808. The van der Waals surface area contributed by atoms with Crippen LogP contribution in [0.5, 0.6) is 0 Å². The van der Waals surface area contributed by atoms with E-state index in [1.807, 2.05) is 24.3 Å². The average Bonchev–Trinajstić information content (AvgIpc) is 3.25. The lowest BCUT2D eigenvalue weighted by molar-refractivity contribution is -0.116. The van der Waals surface area contributed by atoms with Crippen molar-refractivity contribution in [3.63, 3.8) is 0 Å². The third-order valence-electron chi connectivity index (χ3n) is 4.20. The summed E-state index contributed by atoms with van der Waals surface area (Å²) < 4.78 is 1.57. The van der Waals surface area contributed by atoms with E-state index in [0.717, 1.165) is 37.3 Å². The standard InChI is InChI=1S/C17H21N5O2/c18-17(24)15-8-10-22(21-15)14-4-2-13(3-5-14)20-16(23)6-1-12-7-9-19-11-12/h2-5,8,10,12,19H,1,6-7,9,11H2,(H2,18,24)(H,20,23). The lowest BCUT2D eigenvalue weighted by atomic mass is 10.0. The van der Waals surface area contributed by atoms with E-state index in [0.29, 0.717) is 12.3 Å². The molecule has 24 heavy (non-hydrogen) atoms. The van der Waals surface area contributed by atoms with Gasteiger partial charge in [-0.25, -0.2) is 4.68 Å². The van der Waals surface area contributed by atoms with Crippen LogP contribution in [0.15, 0.2) is 36.5 Å². The van der Waals surface area contributed by atoms with Gasteiger partial charge in [-0.05, 0) is 62.2 Å². The first-order valence-corrected chi connectivity index (χ1v) is 8.08. The number of hydrogen-bond acceptors (Lipinski definition) is 4. The Morgan fingerprint density at radius 3 is 2.71 bits per heavy atom. The van der Waals surface area contributed by atoms with Gasteiger partial charge in [0.05, 0.1) is 5.69 Å². The number of aromatic nitrogens is 2. The molecule has 1 aliphatic rings. The number of benzene rings is 1. The van der Waals surface area contributed by atoms with Crippen molar-refractivity contribution in [2.24, 2.45) is 11.7 Å². The largest absolute Gasteiger partial charge is 0.364 e. The second kappa shape index (κ2) is 7.27. The van der Waals surface area contributed by atoms with Crippen molar-refractivity contribution in [1.82, 2.24) is 15.1 Å². The molecule has 0 saturated carbocycles. The maximum atomic E-state index is 12.0. The van der Waals surface area contributed by atoms with Gasteiger partial charge in [0, 0.05) is 18.3 Å². The minimum absolute atomic E-state index is 0.0322. The number of rotatable bonds is 6. The van der Waals surface area contributed by atoms with Gasteiger partial charge in [0.1, 0.15) is 5.69 Å². The number of anilines is 1. The summed E-state index contributed by atoms with van der Waals surface area (Å²) in [6, 6.07) is 8.85. The van der Waals surface area contributed by atoms with Crippen LogP contribution >= 0.6 is 0 Å². The molecule has 2 amide bonds. The highest BCUT2D eigenvalue weighted by Crippen LogP contribution is 2.16. The molecular weight excluding hydrogens is 306 g/mol. The Balaban J connectivity index is 1.55. The molecule has 2 aromatic rings. The van der Waals surface area contributed by atoms with E-state index < -0.39 is 5.91 Å². The van der Waals surface area contributed by atoms with Crippen LogP contribution in [-0.4, -0.2) is 34.7 Å². The molecule has 2 heterocycles. The number of primary amides is 1. The highest BCUT2D eigenvalue weighted by Gasteiger charge is 2.15. The first kappa shape index (κ1) is 16.2. The topological polar surface area (TPSA) is 102 Å². The van der Waals surface area contributed by atoms with Crippen LogP contribution in [0.1, 0.15) is 29.8 Å². The molecule has 1 aliphatic heterocycles. The highest BCUT2D eigenvalue weighted by molar-refractivity contribution is 5.91. The van der Waals surface area contributed by atoms with E-state index >= 15 is 0 Å². The van der Waals surface area contributed by atoms with E-state index in [4.69, 9.17) is 5.73 Å². The van der Waals surface area contributed by atoms with E-state index in [2.05, 4.69) is 15.7 Å². The third-order valence-corrected chi connectivity index (χ3v) is 4.20. The molecule has 1 atom stereocenters. The molecule has 0 aliphatic carbocycles. The zero-order valence-electron chi connectivity index (χ0n) is 13.4. The Morgan fingerprint density at radius 2 is 2.08 bits per heavy atom. The summed E-state index contributed by atoms with van der Waals surface area (Å²) >= 11 is 0. The second-order valence-corrected chi connectivity index (χ2v) is 6.00. The number of amides is 2. The van der Waals surface area contributed by atoms with Gasteiger partial charge in [-0.2, -0.15) is 5.10 Å². The van der Waals surface area contributed by atoms with Gasteiger partial charge in [-0.3, -0.25) is 9.59 Å². The summed E-state index contributed by atoms with van der Waals surface area (Å²) in [5.41, 5.74) is 6.94. The van der Waals surface area contributed by atoms with E-state index in [1.165, 1.54) is 0 Å². The quantitative estimate of drug-likeness (QED) is 0.744.